The molecular weight excluding hydrogens is 370 g/mol. The molecule has 9 nitrogen and oxygen atoms in total. The Hall–Kier alpha value is -4.27. The van der Waals surface area contributed by atoms with Gasteiger partial charge in [0.2, 0.25) is 0 Å². The predicted molar refractivity (Wildman–Crippen MR) is 110 cm³/mol. The van der Waals surface area contributed by atoms with Crippen LogP contribution in [0.4, 0.5) is 17.3 Å². The Labute approximate surface area is 166 Å². The third-order valence-electron chi connectivity index (χ3n) is 4.37. The highest BCUT2D eigenvalue weighted by Gasteiger charge is 2.18. The Morgan fingerprint density at radius 1 is 1.03 bits per heavy atom. The van der Waals surface area contributed by atoms with Crippen molar-refractivity contribution in [2.24, 2.45) is 5.73 Å². The molecular formula is C20H19N7O2. The summed E-state index contributed by atoms with van der Waals surface area (Å²) in [4.78, 5) is 12.0. The fraction of sp³-hybridized carbons (Fsp3) is 0.0500. The molecule has 1 amide bonds. The van der Waals surface area contributed by atoms with Crippen molar-refractivity contribution in [3.05, 3.63) is 71.9 Å². The molecule has 0 bridgehead atoms. The van der Waals surface area contributed by atoms with E-state index in [1.165, 1.54) is 0 Å². The molecule has 0 aliphatic rings. The second-order valence-electron chi connectivity index (χ2n) is 6.38. The van der Waals surface area contributed by atoms with Gasteiger partial charge in [0.15, 0.2) is 5.82 Å². The summed E-state index contributed by atoms with van der Waals surface area (Å²) in [5, 5.41) is 29.4. The zero-order chi connectivity index (χ0) is 20.2. The van der Waals surface area contributed by atoms with Crippen LogP contribution in [0.3, 0.4) is 0 Å². The number of H-pyrrole nitrogens is 2. The molecule has 0 saturated heterocycles. The fourth-order valence-electron chi connectivity index (χ4n) is 2.89. The molecule has 0 fully saturated rings. The van der Waals surface area contributed by atoms with Gasteiger partial charge in [-0.15, -0.1) is 0 Å². The topological polar surface area (TPSA) is 145 Å². The molecule has 4 aromatic rings. The molecule has 4 rings (SSSR count). The van der Waals surface area contributed by atoms with Crippen molar-refractivity contribution < 1.29 is 9.90 Å². The van der Waals surface area contributed by atoms with Crippen LogP contribution in [0, 0.1) is 0 Å². The van der Waals surface area contributed by atoms with Crippen LogP contribution in [0.25, 0.3) is 11.3 Å². The number of rotatable bonds is 7. The average molecular weight is 389 g/mol. The smallest absolute Gasteiger partial charge is 0.256 e. The van der Waals surface area contributed by atoms with E-state index in [9.17, 15) is 9.90 Å². The number of aromatic amines is 2. The minimum Gasteiger partial charge on any atom is -0.508 e. The lowest BCUT2D eigenvalue weighted by Gasteiger charge is -2.08. The minimum absolute atomic E-state index is 0.191. The first-order valence-electron chi connectivity index (χ1n) is 8.87. The maximum absolute atomic E-state index is 12.0. The highest BCUT2D eigenvalue weighted by atomic mass is 16.3. The standard InChI is InChI=1S/C20H19N7O2/c21-18(29)17-19(22-11-12-1-7-15(28)8-2-12)26-27-20(17)24-14-5-3-13(4-6-14)16-9-10-23-25-16/h1-10,28H,11H2,(H2,21,29)(H,23,25)(H3,22,24,26,27). The van der Waals surface area contributed by atoms with E-state index in [-0.39, 0.29) is 11.3 Å². The van der Waals surface area contributed by atoms with Crippen molar-refractivity contribution in [1.82, 2.24) is 20.4 Å². The minimum atomic E-state index is -0.608. The Kier molecular flexibility index (Phi) is 4.85. The molecule has 9 heteroatoms. The number of phenolic OH excluding ortho intramolecular Hbond substituents is 1. The molecule has 0 radical (unpaired) electrons. The van der Waals surface area contributed by atoms with Gasteiger partial charge in [-0.1, -0.05) is 24.3 Å². The van der Waals surface area contributed by atoms with Crippen molar-refractivity contribution >= 4 is 23.2 Å². The van der Waals surface area contributed by atoms with Crippen LogP contribution in [0.1, 0.15) is 15.9 Å². The van der Waals surface area contributed by atoms with Crippen molar-refractivity contribution in [3.63, 3.8) is 0 Å². The van der Waals surface area contributed by atoms with Crippen molar-refractivity contribution in [2.75, 3.05) is 10.6 Å². The van der Waals surface area contributed by atoms with Crippen LogP contribution in [0.2, 0.25) is 0 Å². The van der Waals surface area contributed by atoms with Crippen molar-refractivity contribution in [2.45, 2.75) is 6.54 Å². The number of primary amides is 1. The maximum atomic E-state index is 12.0. The van der Waals surface area contributed by atoms with Gasteiger partial charge in [-0.05, 0) is 41.5 Å². The second-order valence-corrected chi connectivity index (χ2v) is 6.38. The molecule has 0 spiro atoms. The van der Waals surface area contributed by atoms with Crippen molar-refractivity contribution in [3.8, 4) is 17.0 Å². The van der Waals surface area contributed by atoms with E-state index in [2.05, 4.69) is 31.0 Å². The van der Waals surface area contributed by atoms with E-state index in [0.717, 1.165) is 22.5 Å². The maximum Gasteiger partial charge on any atom is 0.256 e. The number of aromatic nitrogens is 4. The summed E-state index contributed by atoms with van der Waals surface area (Å²) < 4.78 is 0. The van der Waals surface area contributed by atoms with E-state index < -0.39 is 5.91 Å². The number of anilines is 3. The van der Waals surface area contributed by atoms with Gasteiger partial charge in [0.25, 0.3) is 5.91 Å². The summed E-state index contributed by atoms with van der Waals surface area (Å²) in [5.74, 6) is 0.335. The molecule has 146 valence electrons. The molecule has 2 aromatic heterocycles. The summed E-state index contributed by atoms with van der Waals surface area (Å²) in [6.07, 6.45) is 1.69. The van der Waals surface area contributed by atoms with Gasteiger partial charge in [0, 0.05) is 18.4 Å². The lowest BCUT2D eigenvalue weighted by Crippen LogP contribution is -2.15. The number of carbonyl (C=O) groups excluding carboxylic acids is 1. The van der Waals surface area contributed by atoms with E-state index in [1.807, 2.05) is 30.3 Å². The zero-order valence-electron chi connectivity index (χ0n) is 15.3. The number of aromatic hydroxyl groups is 1. The van der Waals surface area contributed by atoms with E-state index in [0.29, 0.717) is 18.2 Å². The number of hydrogen-bond acceptors (Lipinski definition) is 6. The highest BCUT2D eigenvalue weighted by molar-refractivity contribution is 6.03. The van der Waals surface area contributed by atoms with Crippen LogP contribution >= 0.6 is 0 Å². The van der Waals surface area contributed by atoms with Gasteiger partial charge < -0.3 is 21.5 Å². The summed E-state index contributed by atoms with van der Waals surface area (Å²) >= 11 is 0. The number of nitrogens with zero attached hydrogens (tertiary/aromatic N) is 2. The number of amides is 1. The monoisotopic (exact) mass is 389 g/mol. The van der Waals surface area contributed by atoms with Gasteiger partial charge in [-0.3, -0.25) is 15.0 Å². The van der Waals surface area contributed by atoms with Gasteiger partial charge in [-0.2, -0.15) is 10.2 Å². The Bertz CT molecular complexity index is 1100. The van der Waals surface area contributed by atoms with Crippen LogP contribution in [0.15, 0.2) is 60.8 Å². The third-order valence-corrected chi connectivity index (χ3v) is 4.37. The molecule has 2 aromatic carbocycles. The van der Waals surface area contributed by atoms with Gasteiger partial charge in [0.1, 0.15) is 17.1 Å². The van der Waals surface area contributed by atoms with Crippen LogP contribution in [0.5, 0.6) is 5.75 Å². The fourth-order valence-corrected chi connectivity index (χ4v) is 2.89. The second kappa shape index (κ2) is 7.77. The lowest BCUT2D eigenvalue weighted by atomic mass is 10.1. The zero-order valence-corrected chi connectivity index (χ0v) is 15.3. The molecule has 0 saturated carbocycles. The highest BCUT2D eigenvalue weighted by Crippen LogP contribution is 2.26. The van der Waals surface area contributed by atoms with Gasteiger partial charge >= 0.3 is 0 Å². The summed E-state index contributed by atoms with van der Waals surface area (Å²) in [6, 6.07) is 16.2. The van der Waals surface area contributed by atoms with E-state index >= 15 is 0 Å². The molecule has 0 aliphatic carbocycles. The Balaban J connectivity index is 1.50. The number of hydrogen-bond donors (Lipinski definition) is 6. The number of nitrogens with one attached hydrogen (secondary N) is 4. The van der Waals surface area contributed by atoms with Gasteiger partial charge in [0.05, 0.1) is 5.69 Å². The summed E-state index contributed by atoms with van der Waals surface area (Å²) in [5.41, 5.74) is 9.40. The quantitative estimate of drug-likeness (QED) is 0.287. The van der Waals surface area contributed by atoms with E-state index in [1.54, 1.807) is 30.5 Å². The van der Waals surface area contributed by atoms with Crippen LogP contribution in [-0.4, -0.2) is 31.4 Å². The first-order valence-corrected chi connectivity index (χ1v) is 8.87. The molecule has 0 aliphatic heterocycles. The largest absolute Gasteiger partial charge is 0.508 e. The Morgan fingerprint density at radius 2 is 1.79 bits per heavy atom. The molecule has 2 heterocycles. The number of phenols is 1. The van der Waals surface area contributed by atoms with Crippen LogP contribution < -0.4 is 16.4 Å². The third kappa shape index (κ3) is 4.03. The van der Waals surface area contributed by atoms with Gasteiger partial charge in [-0.25, -0.2) is 0 Å². The number of nitrogens with two attached hydrogens (primary N) is 1. The average Bonchev–Trinajstić information content (AvgIpc) is 3.38. The molecule has 29 heavy (non-hydrogen) atoms. The van der Waals surface area contributed by atoms with E-state index in [4.69, 9.17) is 5.73 Å². The lowest BCUT2D eigenvalue weighted by molar-refractivity contribution is 0.100. The molecule has 0 unspecified atom stereocenters. The predicted octanol–water partition coefficient (Wildman–Crippen LogP) is 2.96. The SMILES string of the molecule is NC(=O)c1c(NCc2ccc(O)cc2)n[nH]c1Nc1ccc(-c2ccn[nH]2)cc1. The summed E-state index contributed by atoms with van der Waals surface area (Å²) in [7, 11) is 0. The normalized spacial score (nSPS) is 10.6. The van der Waals surface area contributed by atoms with Crippen LogP contribution in [-0.2, 0) is 6.54 Å². The molecule has 7 N–H and O–H groups in total. The Morgan fingerprint density at radius 3 is 2.45 bits per heavy atom. The number of benzene rings is 2. The first-order chi connectivity index (χ1) is 14.1. The first kappa shape index (κ1) is 18.1. The number of carbonyl (C=O) groups is 1. The summed E-state index contributed by atoms with van der Waals surface area (Å²) in [6.45, 7) is 0.420. The van der Waals surface area contributed by atoms with Crippen molar-refractivity contribution in [1.29, 1.82) is 0 Å². The molecule has 0 atom stereocenters.